The van der Waals surface area contributed by atoms with Gasteiger partial charge in [-0.2, -0.15) is 0 Å². The van der Waals surface area contributed by atoms with Gasteiger partial charge >= 0.3 is 5.97 Å². The molecule has 4 heterocycles. The molecule has 2 aromatic rings. The average Bonchev–Trinajstić information content (AvgIpc) is 3.28. The zero-order chi connectivity index (χ0) is 24.0. The van der Waals surface area contributed by atoms with Crippen LogP contribution in [0.1, 0.15) is 25.0 Å². The van der Waals surface area contributed by atoms with Gasteiger partial charge in [-0.3, -0.25) is 14.5 Å². The van der Waals surface area contributed by atoms with Crippen molar-refractivity contribution in [3.05, 3.63) is 65.3 Å². The predicted octanol–water partition coefficient (Wildman–Crippen LogP) is 2.98. The van der Waals surface area contributed by atoms with Crippen molar-refractivity contribution >= 4 is 34.5 Å². The fraction of sp³-hybridized carbons (Fsp3) is 0.320. The first kappa shape index (κ1) is 22.1. The molecule has 0 aliphatic carbocycles. The molecule has 0 atom stereocenters. The molecule has 1 saturated heterocycles. The second-order valence-electron chi connectivity index (χ2n) is 9.12. The molecule has 3 aliphatic rings. The third kappa shape index (κ3) is 4.03. The molecule has 1 amide bonds. The molecule has 0 unspecified atom stereocenters. The molecular weight excluding hydrogens is 439 g/mol. The van der Waals surface area contributed by atoms with Crippen molar-refractivity contribution in [3.8, 4) is 0 Å². The number of aromatic nitrogens is 1. The molecule has 9 heteroatoms. The van der Waals surface area contributed by atoms with E-state index in [-0.39, 0.29) is 12.5 Å². The minimum atomic E-state index is -0.814. The van der Waals surface area contributed by atoms with Crippen molar-refractivity contribution in [2.75, 3.05) is 42.9 Å². The van der Waals surface area contributed by atoms with Gasteiger partial charge in [0.1, 0.15) is 23.0 Å². The Hall–Kier alpha value is -3.72. The van der Waals surface area contributed by atoms with Crippen molar-refractivity contribution in [2.24, 2.45) is 0 Å². The highest BCUT2D eigenvalue weighted by Crippen LogP contribution is 2.44. The number of pyridine rings is 1. The number of carboxylic acid groups (broad SMARTS) is 1. The molecule has 1 aromatic heterocycles. The fourth-order valence-corrected chi connectivity index (χ4v) is 4.67. The number of piperazine rings is 1. The van der Waals surface area contributed by atoms with Gasteiger partial charge in [-0.15, -0.1) is 0 Å². The van der Waals surface area contributed by atoms with Crippen LogP contribution in [0.2, 0.25) is 0 Å². The number of nitrogens with zero attached hydrogens (tertiary/aromatic N) is 3. The number of aliphatic carboxylic acids is 1. The van der Waals surface area contributed by atoms with Gasteiger partial charge in [-0.05, 0) is 50.3 Å². The third-order valence-electron chi connectivity index (χ3n) is 6.38. The maximum Gasteiger partial charge on any atom is 0.317 e. The van der Waals surface area contributed by atoms with Gasteiger partial charge in [0.2, 0.25) is 0 Å². The summed E-state index contributed by atoms with van der Waals surface area (Å²) in [6.07, 6.45) is 3.65. The minimum Gasteiger partial charge on any atom is -0.482 e. The SMILES string of the molecule is CC1(C)O/C(=C2/C(=O)Nc3cc(F)ccc32)C=C1c1ccc(N2CCN(CC(=O)O)CC2)nc1. The van der Waals surface area contributed by atoms with E-state index in [2.05, 4.69) is 15.2 Å². The number of nitrogens with one attached hydrogen (secondary N) is 1. The quantitative estimate of drug-likeness (QED) is 0.672. The van der Waals surface area contributed by atoms with Gasteiger partial charge in [0.15, 0.2) is 0 Å². The Bertz CT molecular complexity index is 1230. The summed E-state index contributed by atoms with van der Waals surface area (Å²) in [5.41, 5.74) is 2.53. The minimum absolute atomic E-state index is 0.0543. The number of halogens is 1. The summed E-state index contributed by atoms with van der Waals surface area (Å²) in [7, 11) is 0. The molecule has 176 valence electrons. The number of hydrogen-bond acceptors (Lipinski definition) is 6. The lowest BCUT2D eigenvalue weighted by molar-refractivity contribution is -0.138. The first-order valence-electron chi connectivity index (χ1n) is 11.1. The van der Waals surface area contributed by atoms with E-state index in [1.807, 2.05) is 37.0 Å². The monoisotopic (exact) mass is 464 g/mol. The highest BCUT2D eigenvalue weighted by atomic mass is 19.1. The summed E-state index contributed by atoms with van der Waals surface area (Å²) in [6, 6.07) is 8.14. The van der Waals surface area contributed by atoms with E-state index in [1.165, 1.54) is 12.1 Å². The first-order valence-corrected chi connectivity index (χ1v) is 11.1. The van der Waals surface area contributed by atoms with Crippen LogP contribution in [-0.2, 0) is 14.3 Å². The standard InChI is InChI=1S/C25H25FN4O4/c1-25(2)18(12-20(34-25)23-17-5-4-16(26)11-19(17)28-24(23)33)15-3-6-21(27-13-15)30-9-7-29(8-10-30)14-22(31)32/h3-6,11-13H,7-10,14H2,1-2H3,(H,28,33)(H,31,32)/b23-20+. The molecule has 8 nitrogen and oxygen atoms in total. The second-order valence-corrected chi connectivity index (χ2v) is 9.12. The maximum atomic E-state index is 13.6. The number of amides is 1. The normalized spacial score (nSPS) is 21.7. The predicted molar refractivity (Wildman–Crippen MR) is 126 cm³/mol. The molecular formula is C25H25FN4O4. The smallest absolute Gasteiger partial charge is 0.317 e. The largest absolute Gasteiger partial charge is 0.482 e. The van der Waals surface area contributed by atoms with Gasteiger partial charge in [0.25, 0.3) is 5.91 Å². The number of anilines is 2. The van der Waals surface area contributed by atoms with Crippen molar-refractivity contribution < 1.29 is 23.8 Å². The molecule has 5 rings (SSSR count). The summed E-state index contributed by atoms with van der Waals surface area (Å²) < 4.78 is 19.8. The van der Waals surface area contributed by atoms with Crippen LogP contribution in [0.4, 0.5) is 15.9 Å². The van der Waals surface area contributed by atoms with E-state index in [0.717, 1.165) is 17.0 Å². The number of carboxylic acids is 1. The molecule has 0 saturated carbocycles. The van der Waals surface area contributed by atoms with Crippen molar-refractivity contribution in [2.45, 2.75) is 19.4 Å². The number of rotatable bonds is 4. The maximum absolute atomic E-state index is 13.6. The molecule has 34 heavy (non-hydrogen) atoms. The lowest BCUT2D eigenvalue weighted by atomic mass is 9.93. The van der Waals surface area contributed by atoms with Crippen LogP contribution in [-0.4, -0.2) is 65.2 Å². The van der Waals surface area contributed by atoms with E-state index in [4.69, 9.17) is 9.84 Å². The number of hydrogen-bond donors (Lipinski definition) is 2. The number of benzene rings is 1. The summed E-state index contributed by atoms with van der Waals surface area (Å²) in [5, 5.41) is 11.7. The fourth-order valence-electron chi connectivity index (χ4n) is 4.67. The highest BCUT2D eigenvalue weighted by Gasteiger charge is 2.38. The molecule has 1 aromatic carbocycles. The van der Waals surface area contributed by atoms with Crippen LogP contribution in [0.3, 0.4) is 0 Å². The third-order valence-corrected chi connectivity index (χ3v) is 6.38. The van der Waals surface area contributed by atoms with Crippen LogP contribution in [0.15, 0.2) is 48.4 Å². The molecule has 0 radical (unpaired) electrons. The summed E-state index contributed by atoms with van der Waals surface area (Å²) in [4.78, 5) is 32.2. The second kappa shape index (κ2) is 8.25. The molecule has 2 N–H and O–H groups in total. The molecule has 0 spiro atoms. The van der Waals surface area contributed by atoms with Crippen LogP contribution in [0.5, 0.6) is 0 Å². The van der Waals surface area contributed by atoms with Crippen molar-refractivity contribution in [1.82, 2.24) is 9.88 Å². The topological polar surface area (TPSA) is 95.0 Å². The number of carbonyl (C=O) groups excluding carboxylic acids is 1. The number of fused-ring (bicyclic) bond motifs is 1. The summed E-state index contributed by atoms with van der Waals surface area (Å²) in [6.45, 7) is 6.68. The zero-order valence-electron chi connectivity index (χ0n) is 19.0. The van der Waals surface area contributed by atoms with Gasteiger partial charge in [-0.1, -0.05) is 0 Å². The first-order chi connectivity index (χ1) is 16.2. The Balaban J connectivity index is 1.39. The Morgan fingerprint density at radius 2 is 1.97 bits per heavy atom. The molecule has 1 fully saturated rings. The van der Waals surface area contributed by atoms with Crippen LogP contribution in [0, 0.1) is 5.82 Å². The highest BCUT2D eigenvalue weighted by molar-refractivity contribution is 6.32. The van der Waals surface area contributed by atoms with E-state index in [0.29, 0.717) is 48.8 Å². The number of ether oxygens (including phenoxy) is 1. The Morgan fingerprint density at radius 3 is 2.65 bits per heavy atom. The zero-order valence-corrected chi connectivity index (χ0v) is 19.0. The Labute approximate surface area is 196 Å². The van der Waals surface area contributed by atoms with E-state index in [9.17, 15) is 14.0 Å². The number of carbonyl (C=O) groups is 2. The van der Waals surface area contributed by atoms with Crippen LogP contribution < -0.4 is 10.2 Å². The van der Waals surface area contributed by atoms with E-state index in [1.54, 1.807) is 12.3 Å². The van der Waals surface area contributed by atoms with Gasteiger partial charge in [-0.25, -0.2) is 9.37 Å². The van der Waals surface area contributed by atoms with Crippen LogP contribution in [0.25, 0.3) is 11.1 Å². The van der Waals surface area contributed by atoms with Crippen molar-refractivity contribution in [3.63, 3.8) is 0 Å². The van der Waals surface area contributed by atoms with Gasteiger partial charge < -0.3 is 20.1 Å². The molecule has 0 bridgehead atoms. The van der Waals surface area contributed by atoms with Gasteiger partial charge in [0.05, 0.1) is 17.8 Å². The van der Waals surface area contributed by atoms with Crippen molar-refractivity contribution in [1.29, 1.82) is 0 Å². The average molecular weight is 464 g/mol. The van der Waals surface area contributed by atoms with Gasteiger partial charge in [0, 0.05) is 49.1 Å². The van der Waals surface area contributed by atoms with Crippen LogP contribution >= 0.6 is 0 Å². The Kier molecular flexibility index (Phi) is 5.36. The molecule has 3 aliphatic heterocycles. The lowest BCUT2D eigenvalue weighted by Crippen LogP contribution is -2.48. The lowest BCUT2D eigenvalue weighted by Gasteiger charge is -2.34. The number of allylic oxidation sites excluding steroid dienone is 1. The summed E-state index contributed by atoms with van der Waals surface area (Å²) in [5.74, 6) is -0.268. The summed E-state index contributed by atoms with van der Waals surface area (Å²) >= 11 is 0. The Morgan fingerprint density at radius 1 is 1.21 bits per heavy atom. The van der Waals surface area contributed by atoms with E-state index >= 15 is 0 Å². The van der Waals surface area contributed by atoms with E-state index < -0.39 is 17.4 Å².